The lowest BCUT2D eigenvalue weighted by Crippen LogP contribution is -2.20. The highest BCUT2D eigenvalue weighted by Crippen LogP contribution is 2.25. The van der Waals surface area contributed by atoms with Crippen molar-refractivity contribution in [2.75, 3.05) is 5.32 Å². The van der Waals surface area contributed by atoms with E-state index in [9.17, 15) is 9.59 Å². The summed E-state index contributed by atoms with van der Waals surface area (Å²) in [5.41, 5.74) is 1.14. The highest BCUT2D eigenvalue weighted by molar-refractivity contribution is 6.31. The first-order chi connectivity index (χ1) is 12.5. The molecule has 0 aliphatic heterocycles. The van der Waals surface area contributed by atoms with Crippen LogP contribution in [-0.2, 0) is 0 Å². The van der Waals surface area contributed by atoms with Crippen LogP contribution in [0.2, 0.25) is 5.02 Å². The zero-order valence-electron chi connectivity index (χ0n) is 13.9. The molecule has 1 aromatic heterocycles. The van der Waals surface area contributed by atoms with Gasteiger partial charge in [-0.2, -0.15) is 0 Å². The van der Waals surface area contributed by atoms with E-state index in [0.29, 0.717) is 16.3 Å². The number of aryl methyl sites for hydroxylation is 1. The minimum atomic E-state index is -0.677. The maximum absolute atomic E-state index is 12.6. The number of rotatable bonds is 2. The van der Waals surface area contributed by atoms with Crippen LogP contribution >= 0.6 is 11.6 Å². The van der Waals surface area contributed by atoms with Gasteiger partial charge in [0.05, 0.1) is 0 Å². The number of amides is 1. The molecule has 0 saturated carbocycles. The van der Waals surface area contributed by atoms with E-state index >= 15 is 0 Å². The summed E-state index contributed by atoms with van der Waals surface area (Å²) in [5.74, 6) is -0.534. The van der Waals surface area contributed by atoms with Crippen LogP contribution in [0.15, 0.2) is 69.9 Å². The van der Waals surface area contributed by atoms with Crippen LogP contribution in [0.1, 0.15) is 15.9 Å². The second kappa shape index (κ2) is 6.32. The third-order valence-electron chi connectivity index (χ3n) is 4.32. The highest BCUT2D eigenvalue weighted by atomic mass is 35.5. The molecule has 4 rings (SSSR count). The number of carbonyl (C=O) groups is 1. The Morgan fingerprint density at radius 1 is 1.00 bits per heavy atom. The molecule has 26 heavy (non-hydrogen) atoms. The molecule has 3 aromatic carbocycles. The quantitative estimate of drug-likeness (QED) is 0.395. The minimum absolute atomic E-state index is 0.0504. The van der Waals surface area contributed by atoms with Gasteiger partial charge in [-0.3, -0.25) is 4.79 Å². The first-order valence-corrected chi connectivity index (χ1v) is 8.44. The average molecular weight is 364 g/mol. The van der Waals surface area contributed by atoms with E-state index in [0.717, 1.165) is 21.7 Å². The fourth-order valence-electron chi connectivity index (χ4n) is 2.90. The molecular weight excluding hydrogens is 350 g/mol. The molecule has 5 heteroatoms. The van der Waals surface area contributed by atoms with Crippen molar-refractivity contribution in [2.45, 2.75) is 6.92 Å². The van der Waals surface area contributed by atoms with Crippen LogP contribution in [0.3, 0.4) is 0 Å². The van der Waals surface area contributed by atoms with Gasteiger partial charge in [0.15, 0.2) is 0 Å². The Hall–Kier alpha value is -3.11. The normalized spacial score (nSPS) is 11.0. The standard InChI is InChI=1S/C21H14ClNO3/c1-12-6-8-14(10-18(12)22)23-20(24)17-11-16-15-5-3-2-4-13(15)7-9-19(16)26-21(17)25/h2-11H,1H3,(H,23,24). The SMILES string of the molecule is Cc1ccc(NC(=O)c2cc3c(ccc4ccccc43)oc2=O)cc1Cl. The Morgan fingerprint density at radius 2 is 1.81 bits per heavy atom. The van der Waals surface area contributed by atoms with Gasteiger partial charge in [0.25, 0.3) is 5.91 Å². The highest BCUT2D eigenvalue weighted by Gasteiger charge is 2.15. The zero-order chi connectivity index (χ0) is 18.3. The Morgan fingerprint density at radius 3 is 2.62 bits per heavy atom. The molecule has 1 N–H and O–H groups in total. The number of anilines is 1. The van der Waals surface area contributed by atoms with Gasteiger partial charge in [0.1, 0.15) is 11.1 Å². The van der Waals surface area contributed by atoms with Gasteiger partial charge in [-0.1, -0.05) is 48.0 Å². The summed E-state index contributed by atoms with van der Waals surface area (Å²) in [6.07, 6.45) is 0. The molecule has 0 saturated heterocycles. The molecule has 4 aromatic rings. The van der Waals surface area contributed by atoms with Crippen LogP contribution < -0.4 is 10.9 Å². The summed E-state index contributed by atoms with van der Waals surface area (Å²) >= 11 is 6.09. The van der Waals surface area contributed by atoms with E-state index in [1.807, 2.05) is 37.3 Å². The van der Waals surface area contributed by atoms with E-state index in [1.54, 1.807) is 30.3 Å². The molecule has 0 aliphatic carbocycles. The Bertz CT molecular complexity index is 1230. The van der Waals surface area contributed by atoms with E-state index in [1.165, 1.54) is 0 Å². The van der Waals surface area contributed by atoms with Crippen molar-refractivity contribution >= 4 is 44.9 Å². The number of hydrogen-bond donors (Lipinski definition) is 1. The molecule has 0 radical (unpaired) electrons. The van der Waals surface area contributed by atoms with Gasteiger partial charge in [-0.05, 0) is 47.5 Å². The predicted octanol–water partition coefficient (Wildman–Crippen LogP) is 5.16. The first-order valence-electron chi connectivity index (χ1n) is 8.06. The van der Waals surface area contributed by atoms with Crippen molar-refractivity contribution in [3.63, 3.8) is 0 Å². The van der Waals surface area contributed by atoms with E-state index in [2.05, 4.69) is 5.32 Å². The molecule has 0 spiro atoms. The largest absolute Gasteiger partial charge is 0.422 e. The lowest BCUT2D eigenvalue weighted by atomic mass is 10.0. The van der Waals surface area contributed by atoms with Crippen LogP contribution in [0.25, 0.3) is 21.7 Å². The second-order valence-corrected chi connectivity index (χ2v) is 6.47. The van der Waals surface area contributed by atoms with Crippen molar-refractivity contribution in [2.24, 2.45) is 0 Å². The Kier molecular flexibility index (Phi) is 3.98. The lowest BCUT2D eigenvalue weighted by Gasteiger charge is -2.08. The topological polar surface area (TPSA) is 59.3 Å². The second-order valence-electron chi connectivity index (χ2n) is 6.06. The minimum Gasteiger partial charge on any atom is -0.422 e. The van der Waals surface area contributed by atoms with Crippen LogP contribution in [0, 0.1) is 6.92 Å². The molecule has 0 fully saturated rings. The third kappa shape index (κ3) is 2.85. The number of halogens is 1. The Labute approximate surface area is 154 Å². The monoisotopic (exact) mass is 363 g/mol. The van der Waals surface area contributed by atoms with Gasteiger partial charge in [-0.15, -0.1) is 0 Å². The lowest BCUT2D eigenvalue weighted by molar-refractivity contribution is 0.102. The number of carbonyl (C=O) groups excluding carboxylic acids is 1. The molecular formula is C21H14ClNO3. The number of nitrogens with one attached hydrogen (secondary N) is 1. The number of benzene rings is 3. The van der Waals surface area contributed by atoms with Gasteiger partial charge >= 0.3 is 5.63 Å². The zero-order valence-corrected chi connectivity index (χ0v) is 14.6. The first kappa shape index (κ1) is 16.4. The van der Waals surface area contributed by atoms with Crippen molar-refractivity contribution < 1.29 is 9.21 Å². The number of hydrogen-bond acceptors (Lipinski definition) is 3. The van der Waals surface area contributed by atoms with Crippen LogP contribution in [0.4, 0.5) is 5.69 Å². The predicted molar refractivity (Wildman–Crippen MR) is 104 cm³/mol. The molecule has 0 atom stereocenters. The van der Waals surface area contributed by atoms with Crippen LogP contribution in [0.5, 0.6) is 0 Å². The summed E-state index contributed by atoms with van der Waals surface area (Å²) in [7, 11) is 0. The summed E-state index contributed by atoms with van der Waals surface area (Å²) < 4.78 is 5.36. The molecule has 128 valence electrons. The van der Waals surface area contributed by atoms with Crippen molar-refractivity contribution in [1.29, 1.82) is 0 Å². The van der Waals surface area contributed by atoms with Crippen molar-refractivity contribution in [3.8, 4) is 0 Å². The van der Waals surface area contributed by atoms with Crippen molar-refractivity contribution in [1.82, 2.24) is 0 Å². The van der Waals surface area contributed by atoms with Gasteiger partial charge in [0, 0.05) is 16.1 Å². The molecule has 0 aliphatic rings. The molecule has 0 unspecified atom stereocenters. The smallest absolute Gasteiger partial charge is 0.349 e. The van der Waals surface area contributed by atoms with Crippen molar-refractivity contribution in [3.05, 3.63) is 87.2 Å². The summed E-state index contributed by atoms with van der Waals surface area (Å²) in [6.45, 7) is 1.87. The van der Waals surface area contributed by atoms with Gasteiger partial charge < -0.3 is 9.73 Å². The van der Waals surface area contributed by atoms with E-state index in [4.69, 9.17) is 16.0 Å². The maximum Gasteiger partial charge on any atom is 0.349 e. The Balaban J connectivity index is 1.81. The molecule has 0 bridgehead atoms. The summed E-state index contributed by atoms with van der Waals surface area (Å²) in [6, 6.07) is 18.1. The third-order valence-corrected chi connectivity index (χ3v) is 4.72. The average Bonchev–Trinajstić information content (AvgIpc) is 2.64. The molecule has 1 amide bonds. The fourth-order valence-corrected chi connectivity index (χ4v) is 3.08. The van der Waals surface area contributed by atoms with Gasteiger partial charge in [-0.25, -0.2) is 4.79 Å². The van der Waals surface area contributed by atoms with E-state index in [-0.39, 0.29) is 5.56 Å². The fraction of sp³-hybridized carbons (Fsp3) is 0.0476. The van der Waals surface area contributed by atoms with Gasteiger partial charge in [0.2, 0.25) is 0 Å². The molecule has 1 heterocycles. The van der Waals surface area contributed by atoms with E-state index < -0.39 is 11.5 Å². The maximum atomic E-state index is 12.6. The van der Waals surface area contributed by atoms with Crippen LogP contribution in [-0.4, -0.2) is 5.91 Å². The number of fused-ring (bicyclic) bond motifs is 3. The summed E-state index contributed by atoms with van der Waals surface area (Å²) in [4.78, 5) is 24.9. The summed E-state index contributed by atoms with van der Waals surface area (Å²) in [5, 5.41) is 5.88. The molecule has 4 nitrogen and oxygen atoms in total.